The van der Waals surface area contributed by atoms with Crippen molar-refractivity contribution in [3.8, 4) is 0 Å². The number of hydrogen-bond donors (Lipinski definition) is 1. The van der Waals surface area contributed by atoms with Crippen LogP contribution in [0.2, 0.25) is 0 Å². The van der Waals surface area contributed by atoms with Gasteiger partial charge in [0.15, 0.2) is 0 Å². The maximum absolute atomic E-state index is 6.01. The molecule has 1 aliphatic heterocycles. The van der Waals surface area contributed by atoms with Gasteiger partial charge in [-0.05, 0) is 91.2 Å². The van der Waals surface area contributed by atoms with E-state index in [1.165, 1.54) is 33.2 Å². The Morgan fingerprint density at radius 3 is 2.57 bits per heavy atom. The number of nitrogens with one attached hydrogen (secondary N) is 1. The van der Waals surface area contributed by atoms with Crippen LogP contribution in [0.5, 0.6) is 0 Å². The zero-order chi connectivity index (χ0) is 21.6. The molecule has 3 rings (SSSR count). The Kier molecular flexibility index (Phi) is 7.77. The highest BCUT2D eigenvalue weighted by Gasteiger charge is 2.50. The first kappa shape index (κ1) is 22.6. The molecule has 2 nitrogen and oxygen atoms in total. The summed E-state index contributed by atoms with van der Waals surface area (Å²) in [5.74, 6) is 0. The molecular weight excluding hydrogens is 366 g/mol. The summed E-state index contributed by atoms with van der Waals surface area (Å²) in [6, 6.07) is 8.54. The third-order valence-electron chi connectivity index (χ3n) is 6.41. The number of fused-ring (bicyclic) bond motifs is 1. The number of H-pyrrole nitrogens is 1. The van der Waals surface area contributed by atoms with E-state index in [4.69, 9.17) is 4.74 Å². The molecule has 2 atom stereocenters. The van der Waals surface area contributed by atoms with E-state index in [2.05, 4.69) is 88.3 Å². The molecule has 0 unspecified atom stereocenters. The molecule has 1 aliphatic rings. The minimum Gasteiger partial charge on any atom is -0.366 e. The Bertz CT molecular complexity index is 925. The highest BCUT2D eigenvalue weighted by Crippen LogP contribution is 2.43. The van der Waals surface area contributed by atoms with Crippen LogP contribution in [0.3, 0.4) is 0 Å². The molecule has 2 heterocycles. The van der Waals surface area contributed by atoms with Gasteiger partial charge in [-0.2, -0.15) is 0 Å². The van der Waals surface area contributed by atoms with Gasteiger partial charge < -0.3 is 9.72 Å². The smallest absolute Gasteiger partial charge is 0.0923 e. The lowest BCUT2D eigenvalue weighted by molar-refractivity contribution is 0.295. The summed E-state index contributed by atoms with van der Waals surface area (Å²) < 4.78 is 6.01. The van der Waals surface area contributed by atoms with Crippen molar-refractivity contribution in [1.82, 2.24) is 4.98 Å². The van der Waals surface area contributed by atoms with Crippen molar-refractivity contribution in [2.75, 3.05) is 0 Å². The minimum atomic E-state index is 0.119. The van der Waals surface area contributed by atoms with Gasteiger partial charge in [-0.15, -0.1) is 0 Å². The second-order valence-corrected chi connectivity index (χ2v) is 9.48. The summed E-state index contributed by atoms with van der Waals surface area (Å²) >= 11 is 0. The van der Waals surface area contributed by atoms with Crippen LogP contribution in [0.4, 0.5) is 0 Å². The number of aromatic amines is 1. The zero-order valence-electron chi connectivity index (χ0n) is 19.6. The average molecular weight is 406 g/mol. The molecule has 0 radical (unpaired) electrons. The van der Waals surface area contributed by atoms with Crippen LogP contribution >= 0.6 is 0 Å². The van der Waals surface area contributed by atoms with Crippen LogP contribution < -0.4 is 0 Å². The SMILES string of the molecule is CC(C)=CCC[C@]1(C)O[C@H]1CC/C(C)=C/CC/C(C)=C/Cc1c[nH]c2ccccc12. The molecule has 1 N–H and O–H groups in total. The number of epoxide rings is 1. The lowest BCUT2D eigenvalue weighted by Gasteiger charge is -2.05. The molecule has 1 fully saturated rings. The van der Waals surface area contributed by atoms with E-state index in [0.29, 0.717) is 6.10 Å². The molecule has 0 saturated carbocycles. The highest BCUT2D eigenvalue weighted by molar-refractivity contribution is 5.83. The van der Waals surface area contributed by atoms with Crippen molar-refractivity contribution in [1.29, 1.82) is 0 Å². The van der Waals surface area contributed by atoms with Gasteiger partial charge in [0.05, 0.1) is 11.7 Å². The monoisotopic (exact) mass is 405 g/mol. The molecule has 1 aromatic heterocycles. The van der Waals surface area contributed by atoms with Crippen LogP contribution in [0.15, 0.2) is 65.4 Å². The van der Waals surface area contributed by atoms with E-state index in [9.17, 15) is 0 Å². The van der Waals surface area contributed by atoms with Gasteiger partial charge in [0.25, 0.3) is 0 Å². The molecule has 1 aromatic carbocycles. The molecule has 30 heavy (non-hydrogen) atoms. The average Bonchev–Trinajstić information content (AvgIpc) is 3.17. The fourth-order valence-corrected chi connectivity index (χ4v) is 4.22. The lowest BCUT2D eigenvalue weighted by atomic mass is 9.96. The van der Waals surface area contributed by atoms with E-state index >= 15 is 0 Å². The van der Waals surface area contributed by atoms with Gasteiger partial charge in [-0.3, -0.25) is 0 Å². The normalized spacial score (nSPS) is 21.8. The fourth-order valence-electron chi connectivity index (χ4n) is 4.22. The molecule has 0 spiro atoms. The summed E-state index contributed by atoms with van der Waals surface area (Å²) in [6.45, 7) is 11.1. The Morgan fingerprint density at radius 1 is 1.00 bits per heavy atom. The number of benzene rings is 1. The molecule has 0 amide bonds. The molecule has 2 heteroatoms. The standard InChI is InChI=1S/C28H39NO/c1-21(2)10-9-19-28(5)27(30-28)18-16-23(4)12-8-11-22(3)15-17-24-20-29-26-14-7-6-13-25(24)26/h6-7,10,12-15,20,27,29H,8-9,11,16-19H2,1-5H3/b22-15+,23-12+/t27-,28-/m0/s1. The van der Waals surface area contributed by atoms with Crippen LogP contribution in [-0.2, 0) is 11.2 Å². The third kappa shape index (κ3) is 6.47. The van der Waals surface area contributed by atoms with Crippen LogP contribution in [-0.4, -0.2) is 16.7 Å². The highest BCUT2D eigenvalue weighted by atomic mass is 16.6. The molecule has 2 aromatic rings. The van der Waals surface area contributed by atoms with E-state index in [1.807, 2.05) is 0 Å². The predicted molar refractivity (Wildman–Crippen MR) is 130 cm³/mol. The van der Waals surface area contributed by atoms with Gasteiger partial charge in [0.1, 0.15) is 0 Å². The second kappa shape index (κ2) is 10.3. The molecule has 0 bridgehead atoms. The number of para-hydroxylation sites is 1. The molecular formula is C28H39NO. The third-order valence-corrected chi connectivity index (χ3v) is 6.41. The van der Waals surface area contributed by atoms with E-state index in [0.717, 1.165) is 44.9 Å². The first-order valence-electron chi connectivity index (χ1n) is 11.5. The van der Waals surface area contributed by atoms with Gasteiger partial charge >= 0.3 is 0 Å². The second-order valence-electron chi connectivity index (χ2n) is 9.48. The van der Waals surface area contributed by atoms with Crippen LogP contribution in [0.25, 0.3) is 10.9 Å². The van der Waals surface area contributed by atoms with Crippen LogP contribution in [0, 0.1) is 0 Å². The summed E-state index contributed by atoms with van der Waals surface area (Å²) in [6.07, 6.45) is 17.6. The first-order valence-corrected chi connectivity index (χ1v) is 11.5. The number of ether oxygens (including phenoxy) is 1. The number of aromatic nitrogens is 1. The van der Waals surface area contributed by atoms with Crippen molar-refractivity contribution >= 4 is 10.9 Å². The predicted octanol–water partition coefficient (Wildman–Crippen LogP) is 8.07. The quantitative estimate of drug-likeness (QED) is 0.297. The van der Waals surface area contributed by atoms with E-state index in [1.54, 1.807) is 0 Å². The molecule has 0 aliphatic carbocycles. The number of hydrogen-bond acceptors (Lipinski definition) is 1. The van der Waals surface area contributed by atoms with Gasteiger partial charge in [-0.25, -0.2) is 0 Å². The topological polar surface area (TPSA) is 28.3 Å². The first-order chi connectivity index (χ1) is 14.4. The van der Waals surface area contributed by atoms with Gasteiger partial charge in [-0.1, -0.05) is 53.1 Å². The van der Waals surface area contributed by atoms with Gasteiger partial charge in [0.2, 0.25) is 0 Å². The van der Waals surface area contributed by atoms with Crippen molar-refractivity contribution in [2.24, 2.45) is 0 Å². The zero-order valence-corrected chi connectivity index (χ0v) is 19.6. The fraction of sp³-hybridized carbons (Fsp3) is 0.500. The molecule has 162 valence electrons. The Hall–Kier alpha value is -2.06. The summed E-state index contributed by atoms with van der Waals surface area (Å²) in [7, 11) is 0. The van der Waals surface area contributed by atoms with E-state index in [-0.39, 0.29) is 5.60 Å². The number of allylic oxidation sites excluding steroid dienone is 6. The summed E-state index contributed by atoms with van der Waals surface area (Å²) in [5.41, 5.74) is 7.11. The van der Waals surface area contributed by atoms with Crippen molar-refractivity contribution < 1.29 is 4.74 Å². The van der Waals surface area contributed by atoms with Crippen molar-refractivity contribution in [3.05, 3.63) is 71.0 Å². The maximum Gasteiger partial charge on any atom is 0.0923 e. The Morgan fingerprint density at radius 2 is 1.77 bits per heavy atom. The Balaban J connectivity index is 1.36. The van der Waals surface area contributed by atoms with Crippen molar-refractivity contribution in [2.45, 2.75) is 91.3 Å². The minimum absolute atomic E-state index is 0.119. The lowest BCUT2D eigenvalue weighted by Crippen LogP contribution is -2.09. The summed E-state index contributed by atoms with van der Waals surface area (Å²) in [5, 5.41) is 1.34. The Labute approximate surface area is 183 Å². The largest absolute Gasteiger partial charge is 0.366 e. The number of rotatable bonds is 11. The summed E-state index contributed by atoms with van der Waals surface area (Å²) in [4.78, 5) is 3.37. The van der Waals surface area contributed by atoms with Crippen molar-refractivity contribution in [3.63, 3.8) is 0 Å². The van der Waals surface area contributed by atoms with E-state index < -0.39 is 0 Å². The van der Waals surface area contributed by atoms with Crippen LogP contribution in [0.1, 0.15) is 78.7 Å². The van der Waals surface area contributed by atoms with Gasteiger partial charge in [0, 0.05) is 17.1 Å². The maximum atomic E-state index is 6.01. The molecule has 1 saturated heterocycles.